The van der Waals surface area contributed by atoms with Crippen molar-refractivity contribution in [3.63, 3.8) is 0 Å². The molecule has 0 radical (unpaired) electrons. The minimum absolute atomic E-state index is 0.333. The number of anilines is 1. The Labute approximate surface area is 111 Å². The van der Waals surface area contributed by atoms with Crippen LogP contribution < -0.4 is 10.1 Å². The van der Waals surface area contributed by atoms with Crippen LogP contribution in [-0.2, 0) is 0 Å². The van der Waals surface area contributed by atoms with Crippen LogP contribution >= 0.6 is 0 Å². The number of halogens is 1. The van der Waals surface area contributed by atoms with E-state index in [1.165, 1.54) is 13.2 Å². The Morgan fingerprint density at radius 2 is 2.05 bits per heavy atom. The van der Waals surface area contributed by atoms with E-state index in [0.29, 0.717) is 22.8 Å². The van der Waals surface area contributed by atoms with Gasteiger partial charge in [-0.1, -0.05) is 13.0 Å². The second-order valence-corrected chi connectivity index (χ2v) is 4.05. The van der Waals surface area contributed by atoms with Crippen LogP contribution in [0.4, 0.5) is 10.2 Å². The highest BCUT2D eigenvalue weighted by molar-refractivity contribution is 5.68. The van der Waals surface area contributed by atoms with Gasteiger partial charge in [0.2, 0.25) is 0 Å². The molecule has 100 valence electrons. The zero-order valence-electron chi connectivity index (χ0n) is 11.0. The minimum atomic E-state index is -0.372. The van der Waals surface area contributed by atoms with E-state index in [9.17, 15) is 4.39 Å². The molecule has 1 heterocycles. The molecular weight excluding hydrogens is 245 g/mol. The van der Waals surface area contributed by atoms with Crippen LogP contribution in [0.2, 0.25) is 0 Å². The molecule has 0 bridgehead atoms. The molecule has 0 amide bonds. The molecule has 19 heavy (non-hydrogen) atoms. The standard InChI is InChI=1S/C14H16FN3O/c1-3-9-16-13-8-7-11(17-18-13)14-10(15)5-4-6-12(14)19-2/h4-8H,3,9H2,1-2H3,(H,16,18). The SMILES string of the molecule is CCCNc1ccc(-c2c(F)cccc2OC)nn1. The number of benzene rings is 1. The van der Waals surface area contributed by atoms with Crippen LogP contribution in [0.3, 0.4) is 0 Å². The average molecular weight is 261 g/mol. The lowest BCUT2D eigenvalue weighted by molar-refractivity contribution is 0.413. The zero-order valence-corrected chi connectivity index (χ0v) is 11.0. The van der Waals surface area contributed by atoms with Crippen LogP contribution in [-0.4, -0.2) is 23.9 Å². The van der Waals surface area contributed by atoms with Crippen molar-refractivity contribution in [3.05, 3.63) is 36.1 Å². The van der Waals surface area contributed by atoms with Crippen molar-refractivity contribution in [3.8, 4) is 17.0 Å². The van der Waals surface area contributed by atoms with Gasteiger partial charge in [0.05, 0.1) is 18.4 Å². The third-order valence-electron chi connectivity index (χ3n) is 2.67. The van der Waals surface area contributed by atoms with Gasteiger partial charge in [0.15, 0.2) is 0 Å². The van der Waals surface area contributed by atoms with Gasteiger partial charge >= 0.3 is 0 Å². The van der Waals surface area contributed by atoms with E-state index >= 15 is 0 Å². The fourth-order valence-electron chi connectivity index (χ4n) is 1.74. The first-order valence-corrected chi connectivity index (χ1v) is 6.16. The van der Waals surface area contributed by atoms with Crippen LogP contribution in [0.5, 0.6) is 5.75 Å². The molecule has 0 unspecified atom stereocenters. The molecule has 0 aliphatic heterocycles. The smallest absolute Gasteiger partial charge is 0.148 e. The second-order valence-electron chi connectivity index (χ2n) is 4.05. The van der Waals surface area contributed by atoms with Crippen molar-refractivity contribution in [2.45, 2.75) is 13.3 Å². The quantitative estimate of drug-likeness (QED) is 0.898. The Morgan fingerprint density at radius 1 is 1.21 bits per heavy atom. The van der Waals surface area contributed by atoms with Crippen molar-refractivity contribution in [1.29, 1.82) is 0 Å². The maximum absolute atomic E-state index is 13.9. The minimum Gasteiger partial charge on any atom is -0.496 e. The summed E-state index contributed by atoms with van der Waals surface area (Å²) in [4.78, 5) is 0. The fraction of sp³-hybridized carbons (Fsp3) is 0.286. The summed E-state index contributed by atoms with van der Waals surface area (Å²) in [5.41, 5.74) is 0.788. The lowest BCUT2D eigenvalue weighted by atomic mass is 10.1. The summed E-state index contributed by atoms with van der Waals surface area (Å²) in [5.74, 6) is 0.757. The first kappa shape index (κ1) is 13.3. The van der Waals surface area contributed by atoms with E-state index in [4.69, 9.17) is 4.74 Å². The average Bonchev–Trinajstić information content (AvgIpc) is 2.45. The first-order valence-electron chi connectivity index (χ1n) is 6.16. The Bertz CT molecular complexity index is 543. The third kappa shape index (κ3) is 2.99. The van der Waals surface area contributed by atoms with Crippen LogP contribution in [0.15, 0.2) is 30.3 Å². The van der Waals surface area contributed by atoms with Crippen LogP contribution in [0.1, 0.15) is 13.3 Å². The molecule has 1 aromatic carbocycles. The zero-order chi connectivity index (χ0) is 13.7. The number of methoxy groups -OCH3 is 1. The van der Waals surface area contributed by atoms with Crippen molar-refractivity contribution in [2.75, 3.05) is 19.0 Å². The number of aromatic nitrogens is 2. The van der Waals surface area contributed by atoms with Gasteiger partial charge in [-0.2, -0.15) is 0 Å². The summed E-state index contributed by atoms with van der Waals surface area (Å²) >= 11 is 0. The van der Waals surface area contributed by atoms with Gasteiger partial charge in [0.25, 0.3) is 0 Å². The summed E-state index contributed by atoms with van der Waals surface area (Å²) in [6.45, 7) is 2.90. The molecule has 0 saturated heterocycles. The fourth-order valence-corrected chi connectivity index (χ4v) is 1.74. The summed E-state index contributed by atoms with van der Waals surface area (Å²) in [6, 6.07) is 8.18. The largest absolute Gasteiger partial charge is 0.496 e. The molecule has 5 heteroatoms. The summed E-state index contributed by atoms with van der Waals surface area (Å²) in [7, 11) is 1.50. The molecule has 2 aromatic rings. The number of ether oxygens (including phenoxy) is 1. The molecule has 0 spiro atoms. The maximum Gasteiger partial charge on any atom is 0.148 e. The Kier molecular flexibility index (Phi) is 4.28. The molecule has 1 aromatic heterocycles. The summed E-state index contributed by atoms with van der Waals surface area (Å²) in [5, 5.41) is 11.2. The molecule has 0 aliphatic rings. The normalized spacial score (nSPS) is 10.3. The number of rotatable bonds is 5. The number of nitrogens with zero attached hydrogens (tertiary/aromatic N) is 2. The van der Waals surface area contributed by atoms with E-state index < -0.39 is 0 Å². The molecule has 0 saturated carbocycles. The predicted molar refractivity (Wildman–Crippen MR) is 72.8 cm³/mol. The molecule has 2 rings (SSSR count). The highest BCUT2D eigenvalue weighted by Crippen LogP contribution is 2.30. The van der Waals surface area contributed by atoms with E-state index in [1.807, 2.05) is 0 Å². The monoisotopic (exact) mass is 261 g/mol. The summed E-state index contributed by atoms with van der Waals surface area (Å²) in [6.07, 6.45) is 1.00. The predicted octanol–water partition coefficient (Wildman–Crippen LogP) is 3.11. The first-order chi connectivity index (χ1) is 9.26. The molecule has 4 nitrogen and oxygen atoms in total. The molecule has 0 atom stereocenters. The van der Waals surface area contributed by atoms with Crippen molar-refractivity contribution in [2.24, 2.45) is 0 Å². The van der Waals surface area contributed by atoms with Gasteiger partial charge < -0.3 is 10.1 Å². The van der Waals surface area contributed by atoms with Gasteiger partial charge in [-0.15, -0.1) is 10.2 Å². The van der Waals surface area contributed by atoms with E-state index in [1.54, 1.807) is 24.3 Å². The Balaban J connectivity index is 2.32. The third-order valence-corrected chi connectivity index (χ3v) is 2.67. The molecule has 1 N–H and O–H groups in total. The van der Waals surface area contributed by atoms with E-state index in [2.05, 4.69) is 22.4 Å². The van der Waals surface area contributed by atoms with Gasteiger partial charge in [0.1, 0.15) is 17.4 Å². The summed E-state index contributed by atoms with van der Waals surface area (Å²) < 4.78 is 19.0. The topological polar surface area (TPSA) is 47.0 Å². The van der Waals surface area contributed by atoms with Gasteiger partial charge in [-0.3, -0.25) is 0 Å². The number of hydrogen-bond donors (Lipinski definition) is 1. The second kappa shape index (κ2) is 6.13. The van der Waals surface area contributed by atoms with E-state index in [-0.39, 0.29) is 5.82 Å². The van der Waals surface area contributed by atoms with Gasteiger partial charge in [-0.25, -0.2) is 4.39 Å². The number of hydrogen-bond acceptors (Lipinski definition) is 4. The van der Waals surface area contributed by atoms with E-state index in [0.717, 1.165) is 13.0 Å². The molecule has 0 fully saturated rings. The maximum atomic E-state index is 13.9. The van der Waals surface area contributed by atoms with Gasteiger partial charge in [0, 0.05) is 6.54 Å². The van der Waals surface area contributed by atoms with Crippen LogP contribution in [0, 0.1) is 5.82 Å². The van der Waals surface area contributed by atoms with Crippen LogP contribution in [0.25, 0.3) is 11.3 Å². The highest BCUT2D eigenvalue weighted by Gasteiger charge is 2.13. The Morgan fingerprint density at radius 3 is 2.68 bits per heavy atom. The lowest BCUT2D eigenvalue weighted by Gasteiger charge is -2.09. The molecule has 0 aliphatic carbocycles. The van der Waals surface area contributed by atoms with Crippen molar-refractivity contribution in [1.82, 2.24) is 10.2 Å². The number of nitrogens with one attached hydrogen (secondary N) is 1. The molecular formula is C14H16FN3O. The lowest BCUT2D eigenvalue weighted by Crippen LogP contribution is -2.03. The highest BCUT2D eigenvalue weighted by atomic mass is 19.1. The van der Waals surface area contributed by atoms with Crippen molar-refractivity contribution >= 4 is 5.82 Å². The van der Waals surface area contributed by atoms with Gasteiger partial charge in [-0.05, 0) is 30.7 Å². The van der Waals surface area contributed by atoms with Crippen molar-refractivity contribution < 1.29 is 9.13 Å². The Hall–Kier alpha value is -2.17.